The maximum absolute atomic E-state index is 12.5. The van der Waals surface area contributed by atoms with Gasteiger partial charge in [-0.05, 0) is 56.8 Å². The lowest BCUT2D eigenvalue weighted by molar-refractivity contribution is -0.131. The zero-order valence-corrected chi connectivity index (χ0v) is 18.7. The van der Waals surface area contributed by atoms with Gasteiger partial charge in [0.2, 0.25) is 11.8 Å². The van der Waals surface area contributed by atoms with Gasteiger partial charge in [0.25, 0.3) is 0 Å². The Hall–Kier alpha value is -2.12. The van der Waals surface area contributed by atoms with Crippen molar-refractivity contribution in [2.75, 3.05) is 76.9 Å². The molecular weight excluding hydrogens is 390 g/mol. The molecule has 0 aromatic heterocycles. The first kappa shape index (κ1) is 22.1. The quantitative estimate of drug-likeness (QED) is 0.710. The molecule has 1 aromatic rings. The second-order valence-corrected chi connectivity index (χ2v) is 9.23. The molecule has 3 fully saturated rings. The molecule has 0 aliphatic carbocycles. The van der Waals surface area contributed by atoms with E-state index in [0.29, 0.717) is 19.0 Å². The molecule has 1 atom stereocenters. The van der Waals surface area contributed by atoms with Gasteiger partial charge in [0, 0.05) is 51.5 Å². The van der Waals surface area contributed by atoms with Crippen LogP contribution in [0.4, 0.5) is 5.69 Å². The van der Waals surface area contributed by atoms with Crippen LogP contribution >= 0.6 is 0 Å². The predicted molar refractivity (Wildman–Crippen MR) is 123 cm³/mol. The average Bonchev–Trinajstić information content (AvgIpc) is 3.44. The number of rotatable bonds is 7. The number of para-hydroxylation sites is 1. The van der Waals surface area contributed by atoms with E-state index in [1.807, 2.05) is 11.0 Å². The summed E-state index contributed by atoms with van der Waals surface area (Å²) in [5.74, 6) is 0.907. The van der Waals surface area contributed by atoms with Crippen molar-refractivity contribution in [2.45, 2.75) is 25.7 Å². The molecule has 0 saturated carbocycles. The molecule has 0 radical (unpaired) electrons. The van der Waals surface area contributed by atoms with E-state index in [1.54, 1.807) is 0 Å². The number of anilines is 1. The van der Waals surface area contributed by atoms with Crippen LogP contribution in [0.1, 0.15) is 25.7 Å². The Morgan fingerprint density at radius 1 is 0.839 bits per heavy atom. The van der Waals surface area contributed by atoms with Gasteiger partial charge in [0.15, 0.2) is 0 Å². The highest BCUT2D eigenvalue weighted by Gasteiger charge is 2.25. The van der Waals surface area contributed by atoms with Crippen molar-refractivity contribution < 1.29 is 9.59 Å². The number of likely N-dealkylation sites (tertiary alicyclic amines) is 1. The highest BCUT2D eigenvalue weighted by molar-refractivity contribution is 5.78. The predicted octanol–water partition coefficient (Wildman–Crippen LogP) is 1.26. The molecular formula is C24H37N5O2. The van der Waals surface area contributed by atoms with E-state index in [9.17, 15) is 9.59 Å². The van der Waals surface area contributed by atoms with Gasteiger partial charge >= 0.3 is 0 Å². The second-order valence-electron chi connectivity index (χ2n) is 9.23. The third kappa shape index (κ3) is 6.43. The molecule has 3 aliphatic heterocycles. The minimum absolute atomic E-state index is 0.125. The first-order valence-corrected chi connectivity index (χ1v) is 12.0. The van der Waals surface area contributed by atoms with Crippen molar-refractivity contribution in [3.8, 4) is 0 Å². The van der Waals surface area contributed by atoms with E-state index in [0.717, 1.165) is 84.6 Å². The van der Waals surface area contributed by atoms with Crippen LogP contribution < -0.4 is 10.2 Å². The van der Waals surface area contributed by atoms with Gasteiger partial charge in [0.05, 0.1) is 13.1 Å². The fraction of sp³-hybridized carbons (Fsp3) is 0.667. The summed E-state index contributed by atoms with van der Waals surface area (Å²) in [7, 11) is 0. The summed E-state index contributed by atoms with van der Waals surface area (Å²) in [6, 6.07) is 10.5. The van der Waals surface area contributed by atoms with E-state index >= 15 is 0 Å². The number of carbonyl (C=O) groups is 2. The Kier molecular flexibility index (Phi) is 7.81. The number of hydrogen-bond acceptors (Lipinski definition) is 5. The number of nitrogens with zero attached hydrogens (tertiary/aromatic N) is 4. The topological polar surface area (TPSA) is 59.1 Å². The smallest absolute Gasteiger partial charge is 0.236 e. The molecule has 1 N–H and O–H groups in total. The first-order chi connectivity index (χ1) is 15.2. The molecule has 0 bridgehead atoms. The van der Waals surface area contributed by atoms with Gasteiger partial charge in [-0.3, -0.25) is 19.4 Å². The SMILES string of the molecule is O=C(CN1CCCN(CC(=O)N2CCCC2)CC1)NCC1CCN(c2ccccc2)C1. The van der Waals surface area contributed by atoms with E-state index < -0.39 is 0 Å². The molecule has 3 saturated heterocycles. The van der Waals surface area contributed by atoms with Crippen LogP contribution in [0.25, 0.3) is 0 Å². The standard InChI is InChI=1S/C24H37N5O2/c30-23(25-17-21-9-14-29(18-21)22-7-2-1-3-8-22)19-26-10-6-11-27(16-15-26)20-24(31)28-12-4-5-13-28/h1-3,7-8,21H,4-6,9-20H2,(H,25,30). The summed E-state index contributed by atoms with van der Waals surface area (Å²) in [4.78, 5) is 33.8. The monoisotopic (exact) mass is 427 g/mol. The van der Waals surface area contributed by atoms with E-state index in [4.69, 9.17) is 0 Å². The van der Waals surface area contributed by atoms with Crippen LogP contribution in [-0.4, -0.2) is 98.5 Å². The zero-order chi connectivity index (χ0) is 21.5. The lowest BCUT2D eigenvalue weighted by Crippen LogP contribution is -2.42. The summed E-state index contributed by atoms with van der Waals surface area (Å²) in [6.07, 6.45) is 4.41. The Balaban J connectivity index is 1.14. The minimum atomic E-state index is 0.125. The maximum atomic E-state index is 12.5. The van der Waals surface area contributed by atoms with Crippen molar-refractivity contribution in [3.63, 3.8) is 0 Å². The first-order valence-electron chi connectivity index (χ1n) is 12.0. The minimum Gasteiger partial charge on any atom is -0.371 e. The van der Waals surface area contributed by atoms with Gasteiger partial charge in [0.1, 0.15) is 0 Å². The summed E-state index contributed by atoms with van der Waals surface area (Å²) in [5.41, 5.74) is 1.27. The molecule has 1 unspecified atom stereocenters. The molecule has 7 heteroatoms. The van der Waals surface area contributed by atoms with Gasteiger partial charge in [-0.2, -0.15) is 0 Å². The molecule has 0 spiro atoms. The molecule has 2 amide bonds. The third-order valence-electron chi connectivity index (χ3n) is 6.86. The fourth-order valence-electron chi connectivity index (χ4n) is 4.99. The number of hydrogen-bond donors (Lipinski definition) is 1. The van der Waals surface area contributed by atoms with Gasteiger partial charge in [-0.15, -0.1) is 0 Å². The molecule has 31 heavy (non-hydrogen) atoms. The molecule has 3 heterocycles. The Morgan fingerprint density at radius 2 is 1.55 bits per heavy atom. The van der Waals surface area contributed by atoms with Crippen molar-refractivity contribution >= 4 is 17.5 Å². The largest absolute Gasteiger partial charge is 0.371 e. The Morgan fingerprint density at radius 3 is 2.29 bits per heavy atom. The lowest BCUT2D eigenvalue weighted by Gasteiger charge is -2.24. The second kappa shape index (κ2) is 11.0. The number of nitrogens with one attached hydrogen (secondary N) is 1. The van der Waals surface area contributed by atoms with Gasteiger partial charge in [-0.1, -0.05) is 18.2 Å². The van der Waals surface area contributed by atoms with Crippen LogP contribution in [0.15, 0.2) is 30.3 Å². The van der Waals surface area contributed by atoms with Crippen molar-refractivity contribution in [3.05, 3.63) is 30.3 Å². The van der Waals surface area contributed by atoms with Gasteiger partial charge < -0.3 is 15.1 Å². The molecule has 170 valence electrons. The highest BCUT2D eigenvalue weighted by atomic mass is 16.2. The third-order valence-corrected chi connectivity index (χ3v) is 6.86. The lowest BCUT2D eigenvalue weighted by atomic mass is 10.1. The molecule has 4 rings (SSSR count). The average molecular weight is 428 g/mol. The zero-order valence-electron chi connectivity index (χ0n) is 18.7. The van der Waals surface area contributed by atoms with Crippen molar-refractivity contribution in [2.24, 2.45) is 5.92 Å². The molecule has 1 aromatic carbocycles. The van der Waals surface area contributed by atoms with E-state index in [1.165, 1.54) is 5.69 Å². The number of carbonyl (C=O) groups excluding carboxylic acids is 2. The Bertz CT molecular complexity index is 722. The van der Waals surface area contributed by atoms with E-state index in [2.05, 4.69) is 44.3 Å². The normalized spacial score (nSPS) is 23.2. The van der Waals surface area contributed by atoms with Crippen LogP contribution in [-0.2, 0) is 9.59 Å². The number of amides is 2. The van der Waals surface area contributed by atoms with Crippen molar-refractivity contribution in [1.29, 1.82) is 0 Å². The summed E-state index contributed by atoms with van der Waals surface area (Å²) in [5, 5.41) is 3.16. The van der Waals surface area contributed by atoms with Crippen LogP contribution in [0.3, 0.4) is 0 Å². The summed E-state index contributed by atoms with van der Waals surface area (Å²) >= 11 is 0. The van der Waals surface area contributed by atoms with E-state index in [-0.39, 0.29) is 11.8 Å². The van der Waals surface area contributed by atoms with Crippen LogP contribution in [0, 0.1) is 5.92 Å². The van der Waals surface area contributed by atoms with Crippen LogP contribution in [0.5, 0.6) is 0 Å². The summed E-state index contributed by atoms with van der Waals surface area (Å²) < 4.78 is 0. The summed E-state index contributed by atoms with van der Waals surface area (Å²) in [6.45, 7) is 9.23. The Labute approximate surface area is 186 Å². The highest BCUT2D eigenvalue weighted by Crippen LogP contribution is 2.22. The molecule has 7 nitrogen and oxygen atoms in total. The van der Waals surface area contributed by atoms with Crippen molar-refractivity contribution in [1.82, 2.24) is 20.0 Å². The fourth-order valence-corrected chi connectivity index (χ4v) is 4.99. The van der Waals surface area contributed by atoms with Crippen LogP contribution in [0.2, 0.25) is 0 Å². The molecule has 3 aliphatic rings. The number of benzene rings is 1. The maximum Gasteiger partial charge on any atom is 0.236 e. The van der Waals surface area contributed by atoms with Gasteiger partial charge in [-0.25, -0.2) is 0 Å².